The van der Waals surface area contributed by atoms with Crippen molar-refractivity contribution in [2.45, 2.75) is 13.1 Å². The van der Waals surface area contributed by atoms with Crippen molar-refractivity contribution in [3.8, 4) is 0 Å². The van der Waals surface area contributed by atoms with Crippen LogP contribution in [0.2, 0.25) is 10.0 Å². The van der Waals surface area contributed by atoms with E-state index >= 15 is 0 Å². The van der Waals surface area contributed by atoms with Gasteiger partial charge in [-0.1, -0.05) is 35.3 Å². The topological polar surface area (TPSA) is 12.0 Å². The molecule has 0 radical (unpaired) electrons. The van der Waals surface area contributed by atoms with Gasteiger partial charge in [0.05, 0.1) is 10.0 Å². The van der Waals surface area contributed by atoms with Crippen molar-refractivity contribution >= 4 is 23.2 Å². The minimum atomic E-state index is -0.578. The van der Waals surface area contributed by atoms with Crippen LogP contribution in [0.15, 0.2) is 36.4 Å². The van der Waals surface area contributed by atoms with E-state index in [1.807, 2.05) is 6.07 Å². The Labute approximate surface area is 120 Å². The molecule has 0 aromatic heterocycles. The van der Waals surface area contributed by atoms with Gasteiger partial charge in [-0.2, -0.15) is 0 Å². The van der Waals surface area contributed by atoms with E-state index in [2.05, 4.69) is 5.32 Å². The summed E-state index contributed by atoms with van der Waals surface area (Å²) in [5.74, 6) is -1.13. The summed E-state index contributed by atoms with van der Waals surface area (Å²) in [4.78, 5) is 0. The van der Waals surface area contributed by atoms with Gasteiger partial charge in [0, 0.05) is 24.7 Å². The highest BCUT2D eigenvalue weighted by Crippen LogP contribution is 2.22. The molecule has 0 atom stereocenters. The van der Waals surface area contributed by atoms with Crippen molar-refractivity contribution in [1.82, 2.24) is 5.32 Å². The van der Waals surface area contributed by atoms with Gasteiger partial charge in [0.1, 0.15) is 11.6 Å². The van der Waals surface area contributed by atoms with Gasteiger partial charge in [0.15, 0.2) is 0 Å². The fraction of sp³-hybridized carbons (Fsp3) is 0.143. The average Bonchev–Trinajstić information content (AvgIpc) is 2.36. The zero-order valence-corrected chi connectivity index (χ0v) is 11.4. The molecular formula is C14H11Cl2F2N. The summed E-state index contributed by atoms with van der Waals surface area (Å²) in [5, 5.41) is 4.04. The van der Waals surface area contributed by atoms with Crippen LogP contribution in [0, 0.1) is 11.6 Å². The summed E-state index contributed by atoms with van der Waals surface area (Å²) in [5.41, 5.74) is 1.36. The number of hydrogen-bond donors (Lipinski definition) is 1. The lowest BCUT2D eigenvalue weighted by Crippen LogP contribution is -2.13. The molecule has 0 amide bonds. The minimum Gasteiger partial charge on any atom is -0.309 e. The van der Waals surface area contributed by atoms with Crippen LogP contribution in [0.4, 0.5) is 8.78 Å². The van der Waals surface area contributed by atoms with E-state index in [0.717, 1.165) is 11.6 Å². The highest BCUT2D eigenvalue weighted by molar-refractivity contribution is 6.42. The molecular weight excluding hydrogens is 291 g/mol. The first-order valence-electron chi connectivity index (χ1n) is 5.65. The maximum Gasteiger partial charge on any atom is 0.130 e. The normalized spacial score (nSPS) is 10.7. The Balaban J connectivity index is 1.94. The molecule has 19 heavy (non-hydrogen) atoms. The van der Waals surface area contributed by atoms with Crippen LogP contribution in [0.5, 0.6) is 0 Å². The third-order valence-corrected chi connectivity index (χ3v) is 3.38. The maximum atomic E-state index is 13.4. The number of rotatable bonds is 4. The second-order valence-electron chi connectivity index (χ2n) is 4.09. The minimum absolute atomic E-state index is 0.312. The van der Waals surface area contributed by atoms with E-state index in [-0.39, 0.29) is 0 Å². The fourth-order valence-electron chi connectivity index (χ4n) is 1.66. The first-order chi connectivity index (χ1) is 9.06. The van der Waals surface area contributed by atoms with E-state index in [4.69, 9.17) is 23.2 Å². The molecule has 0 aliphatic heterocycles. The molecule has 0 unspecified atom stereocenters. The van der Waals surface area contributed by atoms with Gasteiger partial charge in [-0.05, 0) is 23.8 Å². The number of benzene rings is 2. The van der Waals surface area contributed by atoms with E-state index in [1.165, 1.54) is 12.1 Å². The lowest BCUT2D eigenvalue weighted by molar-refractivity contribution is 0.560. The van der Waals surface area contributed by atoms with Crippen LogP contribution in [0.1, 0.15) is 11.1 Å². The predicted octanol–water partition coefficient (Wildman–Crippen LogP) is 4.56. The summed E-state index contributed by atoms with van der Waals surface area (Å²) >= 11 is 11.7. The van der Waals surface area contributed by atoms with Gasteiger partial charge in [0.2, 0.25) is 0 Å². The van der Waals surface area contributed by atoms with Crippen LogP contribution < -0.4 is 5.32 Å². The molecule has 0 aliphatic rings. The maximum absolute atomic E-state index is 13.4. The lowest BCUT2D eigenvalue weighted by Gasteiger charge is -2.07. The van der Waals surface area contributed by atoms with Crippen molar-refractivity contribution in [2.24, 2.45) is 0 Å². The van der Waals surface area contributed by atoms with E-state index in [0.29, 0.717) is 28.7 Å². The van der Waals surface area contributed by atoms with Crippen LogP contribution in [-0.4, -0.2) is 0 Å². The van der Waals surface area contributed by atoms with Crippen molar-refractivity contribution < 1.29 is 8.78 Å². The molecule has 100 valence electrons. The summed E-state index contributed by atoms with van der Waals surface area (Å²) < 4.78 is 26.1. The fourth-order valence-corrected chi connectivity index (χ4v) is 1.98. The van der Waals surface area contributed by atoms with Gasteiger partial charge in [0.25, 0.3) is 0 Å². The molecule has 0 aliphatic carbocycles. The summed E-state index contributed by atoms with van der Waals surface area (Å²) in [6, 6.07) is 8.82. The zero-order chi connectivity index (χ0) is 13.8. The van der Waals surface area contributed by atoms with Gasteiger partial charge in [-0.25, -0.2) is 8.78 Å². The number of nitrogens with one attached hydrogen (secondary N) is 1. The quantitative estimate of drug-likeness (QED) is 0.873. The second-order valence-corrected chi connectivity index (χ2v) is 4.90. The average molecular weight is 302 g/mol. The third kappa shape index (κ3) is 3.90. The van der Waals surface area contributed by atoms with Crippen LogP contribution >= 0.6 is 23.2 Å². The molecule has 1 nitrogen and oxygen atoms in total. The molecule has 0 spiro atoms. The van der Waals surface area contributed by atoms with Crippen LogP contribution in [-0.2, 0) is 13.1 Å². The highest BCUT2D eigenvalue weighted by Gasteiger charge is 2.04. The van der Waals surface area contributed by atoms with Gasteiger partial charge in [-0.15, -0.1) is 0 Å². The van der Waals surface area contributed by atoms with Crippen molar-refractivity contribution in [3.05, 3.63) is 69.2 Å². The van der Waals surface area contributed by atoms with E-state index < -0.39 is 11.6 Å². The second kappa shape index (κ2) is 6.33. The Bertz CT molecular complexity index is 588. The Hall–Kier alpha value is -1.16. The molecule has 0 saturated heterocycles. The van der Waals surface area contributed by atoms with E-state index in [1.54, 1.807) is 12.1 Å². The van der Waals surface area contributed by atoms with Gasteiger partial charge in [-0.3, -0.25) is 0 Å². The first-order valence-corrected chi connectivity index (χ1v) is 6.40. The first kappa shape index (κ1) is 14.3. The Kier molecular flexibility index (Phi) is 4.75. The summed E-state index contributed by atoms with van der Waals surface area (Å²) in [6.07, 6.45) is 0. The molecule has 0 fully saturated rings. The molecule has 2 aromatic rings. The molecule has 0 bridgehead atoms. The Morgan fingerprint density at radius 2 is 1.68 bits per heavy atom. The lowest BCUT2D eigenvalue weighted by atomic mass is 10.2. The highest BCUT2D eigenvalue weighted by atomic mass is 35.5. The van der Waals surface area contributed by atoms with Crippen molar-refractivity contribution in [1.29, 1.82) is 0 Å². The Morgan fingerprint density at radius 1 is 0.895 bits per heavy atom. The van der Waals surface area contributed by atoms with Crippen LogP contribution in [0.3, 0.4) is 0 Å². The SMILES string of the molecule is Fc1ccc(CNCc2ccc(Cl)c(Cl)c2)c(F)c1. The molecule has 0 heterocycles. The predicted molar refractivity (Wildman–Crippen MR) is 73.4 cm³/mol. The van der Waals surface area contributed by atoms with Crippen molar-refractivity contribution in [2.75, 3.05) is 0 Å². The van der Waals surface area contributed by atoms with Crippen molar-refractivity contribution in [3.63, 3.8) is 0 Å². The van der Waals surface area contributed by atoms with Crippen LogP contribution in [0.25, 0.3) is 0 Å². The summed E-state index contributed by atoms with van der Waals surface area (Å²) in [6.45, 7) is 0.833. The molecule has 1 N–H and O–H groups in total. The molecule has 0 saturated carbocycles. The monoisotopic (exact) mass is 301 g/mol. The largest absolute Gasteiger partial charge is 0.309 e. The smallest absolute Gasteiger partial charge is 0.130 e. The van der Waals surface area contributed by atoms with Gasteiger partial charge >= 0.3 is 0 Å². The molecule has 2 rings (SSSR count). The zero-order valence-electron chi connectivity index (χ0n) is 9.89. The molecule has 5 heteroatoms. The standard InChI is InChI=1S/C14H11Cl2F2N/c15-12-4-1-9(5-13(12)16)7-19-8-10-2-3-11(17)6-14(10)18/h1-6,19H,7-8H2. The van der Waals surface area contributed by atoms with E-state index in [9.17, 15) is 8.78 Å². The molecule has 2 aromatic carbocycles. The Morgan fingerprint density at radius 3 is 2.37 bits per heavy atom. The van der Waals surface area contributed by atoms with Gasteiger partial charge < -0.3 is 5.32 Å². The summed E-state index contributed by atoms with van der Waals surface area (Å²) in [7, 11) is 0. The third-order valence-electron chi connectivity index (χ3n) is 2.64. The number of halogens is 4. The number of hydrogen-bond acceptors (Lipinski definition) is 1.